The van der Waals surface area contributed by atoms with Crippen LogP contribution in [0.1, 0.15) is 45.9 Å². The van der Waals surface area contributed by atoms with Gasteiger partial charge in [-0.2, -0.15) is 0 Å². The molecule has 1 unspecified atom stereocenters. The number of aromatic nitrogens is 2. The van der Waals surface area contributed by atoms with Gasteiger partial charge in [0.25, 0.3) is 0 Å². The summed E-state index contributed by atoms with van der Waals surface area (Å²) < 4.78 is 0. The van der Waals surface area contributed by atoms with Crippen molar-refractivity contribution in [3.63, 3.8) is 0 Å². The normalized spacial score (nSPS) is 12.8. The van der Waals surface area contributed by atoms with E-state index in [1.165, 1.54) is 0 Å². The van der Waals surface area contributed by atoms with Gasteiger partial charge < -0.3 is 10.4 Å². The predicted molar refractivity (Wildman–Crippen MR) is 77.3 cm³/mol. The van der Waals surface area contributed by atoms with Gasteiger partial charge in [0, 0.05) is 30.4 Å². The molecule has 1 rings (SSSR count). The molecule has 18 heavy (non-hydrogen) atoms. The number of anilines is 1. The molecule has 1 aromatic rings. The molecule has 5 heteroatoms. The summed E-state index contributed by atoms with van der Waals surface area (Å²) in [6.07, 6.45) is 0.780. The molecule has 0 bridgehead atoms. The molecule has 0 saturated carbocycles. The molecular weight excluding hydrogens is 246 g/mol. The molecule has 0 aliphatic carbocycles. The third kappa shape index (κ3) is 4.82. The summed E-state index contributed by atoms with van der Waals surface area (Å²) in [7, 11) is 0. The van der Waals surface area contributed by atoms with Gasteiger partial charge in [0.05, 0.1) is 0 Å². The molecule has 1 heterocycles. The van der Waals surface area contributed by atoms with Crippen LogP contribution in [0.15, 0.2) is 11.1 Å². The van der Waals surface area contributed by atoms with Crippen LogP contribution in [0, 0.1) is 0 Å². The van der Waals surface area contributed by atoms with E-state index in [9.17, 15) is 0 Å². The van der Waals surface area contributed by atoms with Gasteiger partial charge >= 0.3 is 0 Å². The maximum Gasteiger partial charge on any atom is 0.134 e. The van der Waals surface area contributed by atoms with Gasteiger partial charge in [-0.25, -0.2) is 9.97 Å². The van der Waals surface area contributed by atoms with Crippen molar-refractivity contribution in [1.29, 1.82) is 0 Å². The highest BCUT2D eigenvalue weighted by Gasteiger charge is 2.11. The van der Waals surface area contributed by atoms with E-state index in [0.29, 0.717) is 11.2 Å². The van der Waals surface area contributed by atoms with Crippen molar-refractivity contribution in [3.8, 4) is 0 Å². The second-order valence-electron chi connectivity index (χ2n) is 4.58. The Morgan fingerprint density at radius 3 is 2.61 bits per heavy atom. The molecule has 0 fully saturated rings. The molecule has 0 radical (unpaired) electrons. The van der Waals surface area contributed by atoms with Crippen molar-refractivity contribution in [3.05, 3.63) is 11.9 Å². The predicted octanol–water partition coefficient (Wildman–Crippen LogP) is 2.89. The molecule has 0 aliphatic heterocycles. The minimum absolute atomic E-state index is 0.219. The summed E-state index contributed by atoms with van der Waals surface area (Å²) in [6.45, 7) is 9.41. The van der Waals surface area contributed by atoms with E-state index in [1.54, 1.807) is 11.8 Å². The number of thioether (sulfide) groups is 1. The SMILES string of the molecule is CCNc1cc(SC(C)CCO)nc(C(C)C)n1. The van der Waals surface area contributed by atoms with E-state index in [4.69, 9.17) is 5.11 Å². The standard InChI is InChI=1S/C13H23N3OS/c1-5-14-11-8-12(18-10(4)6-7-17)16-13(15-11)9(2)3/h8-10,17H,5-7H2,1-4H3,(H,14,15,16). The lowest BCUT2D eigenvalue weighted by atomic mass is 10.2. The summed E-state index contributed by atoms with van der Waals surface area (Å²) in [5, 5.41) is 13.5. The fourth-order valence-corrected chi connectivity index (χ4v) is 2.44. The molecule has 1 atom stereocenters. The van der Waals surface area contributed by atoms with E-state index < -0.39 is 0 Å². The fourth-order valence-electron chi connectivity index (χ4n) is 1.48. The summed E-state index contributed by atoms with van der Waals surface area (Å²) >= 11 is 1.69. The zero-order valence-electron chi connectivity index (χ0n) is 11.6. The van der Waals surface area contributed by atoms with Gasteiger partial charge in [-0.05, 0) is 13.3 Å². The molecule has 2 N–H and O–H groups in total. The number of aliphatic hydroxyl groups is 1. The van der Waals surface area contributed by atoms with Crippen LogP contribution in [0.5, 0.6) is 0 Å². The van der Waals surface area contributed by atoms with E-state index in [-0.39, 0.29) is 6.61 Å². The average Bonchev–Trinajstić information content (AvgIpc) is 2.29. The number of hydrogen-bond donors (Lipinski definition) is 2. The molecule has 102 valence electrons. The van der Waals surface area contributed by atoms with Crippen LogP contribution in [-0.4, -0.2) is 33.5 Å². The third-order valence-electron chi connectivity index (χ3n) is 2.45. The Morgan fingerprint density at radius 2 is 2.06 bits per heavy atom. The number of nitrogens with one attached hydrogen (secondary N) is 1. The summed E-state index contributed by atoms with van der Waals surface area (Å²) in [5.74, 6) is 2.07. The van der Waals surface area contributed by atoms with Gasteiger partial charge in [-0.1, -0.05) is 20.8 Å². The van der Waals surface area contributed by atoms with E-state index in [2.05, 4.69) is 43.0 Å². The second-order valence-corrected chi connectivity index (χ2v) is 6.03. The lowest BCUT2D eigenvalue weighted by Gasteiger charge is -2.13. The molecule has 4 nitrogen and oxygen atoms in total. The van der Waals surface area contributed by atoms with Gasteiger partial charge in [-0.15, -0.1) is 11.8 Å². The summed E-state index contributed by atoms with van der Waals surface area (Å²) in [6, 6.07) is 1.98. The first-order valence-corrected chi connectivity index (χ1v) is 7.35. The molecule has 1 aromatic heterocycles. The molecule has 0 aromatic carbocycles. The Hall–Kier alpha value is -0.810. The first-order valence-electron chi connectivity index (χ1n) is 6.47. The first kappa shape index (κ1) is 15.2. The van der Waals surface area contributed by atoms with Crippen LogP contribution >= 0.6 is 11.8 Å². The van der Waals surface area contributed by atoms with E-state index in [1.807, 2.05) is 6.07 Å². The van der Waals surface area contributed by atoms with Crippen molar-refractivity contribution in [2.24, 2.45) is 0 Å². The Bertz CT molecular complexity index is 371. The van der Waals surface area contributed by atoms with Gasteiger partial charge in [0.1, 0.15) is 16.7 Å². The fraction of sp³-hybridized carbons (Fsp3) is 0.692. The van der Waals surface area contributed by atoms with Crippen molar-refractivity contribution in [2.45, 2.75) is 50.3 Å². The van der Waals surface area contributed by atoms with Crippen LogP contribution in [0.25, 0.3) is 0 Å². The summed E-state index contributed by atoms with van der Waals surface area (Å²) in [4.78, 5) is 9.06. The Kier molecular flexibility index (Phi) is 6.43. The number of hydrogen-bond acceptors (Lipinski definition) is 5. The largest absolute Gasteiger partial charge is 0.396 e. The molecular formula is C13H23N3OS. The monoisotopic (exact) mass is 269 g/mol. The molecule has 0 saturated heterocycles. The zero-order chi connectivity index (χ0) is 13.5. The highest BCUT2D eigenvalue weighted by atomic mass is 32.2. The van der Waals surface area contributed by atoms with Crippen LogP contribution < -0.4 is 5.32 Å². The third-order valence-corrected chi connectivity index (χ3v) is 3.54. The van der Waals surface area contributed by atoms with Crippen molar-refractivity contribution < 1.29 is 5.11 Å². The lowest BCUT2D eigenvalue weighted by molar-refractivity contribution is 0.289. The second kappa shape index (κ2) is 7.59. The smallest absolute Gasteiger partial charge is 0.134 e. The zero-order valence-corrected chi connectivity index (χ0v) is 12.4. The Balaban J connectivity index is 2.88. The van der Waals surface area contributed by atoms with Crippen LogP contribution in [0.4, 0.5) is 5.82 Å². The minimum Gasteiger partial charge on any atom is -0.396 e. The van der Waals surface area contributed by atoms with Crippen molar-refractivity contribution in [1.82, 2.24) is 9.97 Å². The Morgan fingerprint density at radius 1 is 1.33 bits per heavy atom. The highest BCUT2D eigenvalue weighted by molar-refractivity contribution is 7.99. The van der Waals surface area contributed by atoms with Crippen molar-refractivity contribution in [2.75, 3.05) is 18.5 Å². The average molecular weight is 269 g/mol. The van der Waals surface area contributed by atoms with Crippen LogP contribution in [-0.2, 0) is 0 Å². The highest BCUT2D eigenvalue weighted by Crippen LogP contribution is 2.26. The summed E-state index contributed by atoms with van der Waals surface area (Å²) in [5.41, 5.74) is 0. The van der Waals surface area contributed by atoms with Crippen LogP contribution in [0.3, 0.4) is 0 Å². The van der Waals surface area contributed by atoms with Crippen LogP contribution in [0.2, 0.25) is 0 Å². The number of aliphatic hydroxyl groups excluding tert-OH is 1. The van der Waals surface area contributed by atoms with Gasteiger partial charge in [-0.3, -0.25) is 0 Å². The molecule has 0 amide bonds. The number of nitrogens with zero attached hydrogens (tertiary/aromatic N) is 2. The minimum atomic E-state index is 0.219. The molecule has 0 aliphatic rings. The number of rotatable bonds is 7. The lowest BCUT2D eigenvalue weighted by Crippen LogP contribution is -2.07. The quantitative estimate of drug-likeness (QED) is 0.589. The van der Waals surface area contributed by atoms with Crippen molar-refractivity contribution >= 4 is 17.6 Å². The molecule has 0 spiro atoms. The maximum atomic E-state index is 8.94. The van der Waals surface area contributed by atoms with E-state index >= 15 is 0 Å². The van der Waals surface area contributed by atoms with Gasteiger partial charge in [0.15, 0.2) is 0 Å². The van der Waals surface area contributed by atoms with E-state index in [0.717, 1.165) is 29.6 Å². The van der Waals surface area contributed by atoms with Gasteiger partial charge in [0.2, 0.25) is 0 Å². The maximum absolute atomic E-state index is 8.94. The Labute approximate surface area is 114 Å². The topological polar surface area (TPSA) is 58.0 Å². The first-order chi connectivity index (χ1) is 8.56.